The lowest BCUT2D eigenvalue weighted by atomic mass is 10.2. The van der Waals surface area contributed by atoms with E-state index in [0.29, 0.717) is 38.0 Å². The highest BCUT2D eigenvalue weighted by molar-refractivity contribution is 5.69. The number of anilines is 1. The number of benzene rings is 2. The zero-order chi connectivity index (χ0) is 21.2. The van der Waals surface area contributed by atoms with E-state index in [1.165, 1.54) is 0 Å². The number of ether oxygens (including phenoxy) is 1. The fourth-order valence-corrected chi connectivity index (χ4v) is 3.53. The summed E-state index contributed by atoms with van der Waals surface area (Å²) in [4.78, 5) is 23.2. The minimum absolute atomic E-state index is 0.0255. The van der Waals surface area contributed by atoms with Crippen molar-refractivity contribution in [3.8, 4) is 28.6 Å². The molecule has 0 aliphatic carbocycles. The smallest absolute Gasteiger partial charge is 0.355 e. The third-order valence-corrected chi connectivity index (χ3v) is 5.07. The Kier molecular flexibility index (Phi) is 5.05. The summed E-state index contributed by atoms with van der Waals surface area (Å²) in [6.45, 7) is 1.88. The first-order valence-corrected chi connectivity index (χ1v) is 9.94. The summed E-state index contributed by atoms with van der Waals surface area (Å²) in [6, 6.07) is 18.6. The van der Waals surface area contributed by atoms with Gasteiger partial charge in [-0.15, -0.1) is 0 Å². The standard InChI is InChI=1S/C23H19FN4O3/c24-18-15-28(23(29)26-20(18)27-11-13-30-14-12-27)21-19(16-7-3-1-4-8-16)31-22(25-21)17-9-5-2-6-10-17/h1-10,15H,11-14H2. The highest BCUT2D eigenvalue weighted by Crippen LogP contribution is 2.31. The first kappa shape index (κ1) is 19.2. The first-order chi connectivity index (χ1) is 15.2. The fraction of sp³-hybridized carbons (Fsp3) is 0.174. The number of aromatic nitrogens is 3. The molecule has 0 radical (unpaired) electrons. The van der Waals surface area contributed by atoms with Crippen molar-refractivity contribution >= 4 is 5.82 Å². The van der Waals surface area contributed by atoms with Gasteiger partial charge < -0.3 is 14.1 Å². The largest absolute Gasteiger partial charge is 0.434 e. The van der Waals surface area contributed by atoms with Crippen LogP contribution in [0.25, 0.3) is 28.6 Å². The van der Waals surface area contributed by atoms with Gasteiger partial charge in [0.1, 0.15) is 0 Å². The van der Waals surface area contributed by atoms with Crippen LogP contribution in [-0.2, 0) is 4.74 Å². The number of halogens is 1. The van der Waals surface area contributed by atoms with Crippen LogP contribution in [-0.4, -0.2) is 40.8 Å². The second-order valence-electron chi connectivity index (χ2n) is 7.07. The average molecular weight is 418 g/mol. The van der Waals surface area contributed by atoms with E-state index in [4.69, 9.17) is 9.15 Å². The Hall–Kier alpha value is -3.78. The van der Waals surface area contributed by atoms with E-state index >= 15 is 4.39 Å². The van der Waals surface area contributed by atoms with Gasteiger partial charge in [0.05, 0.1) is 19.4 Å². The molecule has 2 aromatic carbocycles. The van der Waals surface area contributed by atoms with Crippen molar-refractivity contribution < 1.29 is 13.5 Å². The summed E-state index contributed by atoms with van der Waals surface area (Å²) >= 11 is 0. The van der Waals surface area contributed by atoms with E-state index in [1.54, 1.807) is 4.90 Å². The van der Waals surface area contributed by atoms with Gasteiger partial charge in [-0.3, -0.25) is 0 Å². The van der Waals surface area contributed by atoms with Gasteiger partial charge in [-0.1, -0.05) is 48.5 Å². The highest BCUT2D eigenvalue weighted by Gasteiger charge is 2.23. The molecule has 2 aromatic heterocycles. The molecule has 1 fully saturated rings. The predicted octanol–water partition coefficient (Wildman–Crippen LogP) is 3.53. The maximum absolute atomic E-state index is 15.0. The van der Waals surface area contributed by atoms with Crippen LogP contribution < -0.4 is 10.6 Å². The van der Waals surface area contributed by atoms with Crippen LogP contribution in [0.4, 0.5) is 10.2 Å². The van der Waals surface area contributed by atoms with Crippen molar-refractivity contribution in [2.24, 2.45) is 0 Å². The molecule has 1 saturated heterocycles. The van der Waals surface area contributed by atoms with Crippen LogP contribution in [0.3, 0.4) is 0 Å². The van der Waals surface area contributed by atoms with Crippen molar-refractivity contribution in [1.82, 2.24) is 14.5 Å². The molecular weight excluding hydrogens is 399 g/mol. The third kappa shape index (κ3) is 3.73. The lowest BCUT2D eigenvalue weighted by molar-refractivity contribution is 0.122. The molecular formula is C23H19FN4O3. The second kappa shape index (κ2) is 8.16. The quantitative estimate of drug-likeness (QED) is 0.505. The lowest BCUT2D eigenvalue weighted by Gasteiger charge is -2.27. The molecule has 4 aromatic rings. The maximum atomic E-state index is 15.0. The summed E-state index contributed by atoms with van der Waals surface area (Å²) in [6.07, 6.45) is 1.12. The molecule has 7 nitrogen and oxygen atoms in total. The van der Waals surface area contributed by atoms with Crippen molar-refractivity contribution in [3.05, 3.63) is 83.2 Å². The third-order valence-electron chi connectivity index (χ3n) is 5.07. The van der Waals surface area contributed by atoms with E-state index in [0.717, 1.165) is 21.9 Å². The van der Waals surface area contributed by atoms with Crippen molar-refractivity contribution in [1.29, 1.82) is 0 Å². The van der Waals surface area contributed by atoms with Crippen molar-refractivity contribution in [3.63, 3.8) is 0 Å². The van der Waals surface area contributed by atoms with Gasteiger partial charge >= 0.3 is 5.69 Å². The molecule has 3 heterocycles. The molecule has 0 N–H and O–H groups in total. The molecule has 31 heavy (non-hydrogen) atoms. The SMILES string of the molecule is O=c1nc(N2CCOCC2)c(F)cn1-c1nc(-c2ccccc2)oc1-c1ccccc1. The van der Waals surface area contributed by atoms with Gasteiger partial charge in [-0.05, 0) is 12.1 Å². The first-order valence-electron chi connectivity index (χ1n) is 9.94. The Balaban J connectivity index is 1.65. The molecule has 0 atom stereocenters. The zero-order valence-corrected chi connectivity index (χ0v) is 16.6. The van der Waals surface area contributed by atoms with Crippen LogP contribution >= 0.6 is 0 Å². The predicted molar refractivity (Wildman–Crippen MR) is 114 cm³/mol. The van der Waals surface area contributed by atoms with Crippen molar-refractivity contribution in [2.45, 2.75) is 0 Å². The number of rotatable bonds is 4. The van der Waals surface area contributed by atoms with E-state index in [1.807, 2.05) is 60.7 Å². The van der Waals surface area contributed by atoms with E-state index < -0.39 is 11.5 Å². The molecule has 0 amide bonds. The molecule has 1 aliphatic rings. The monoisotopic (exact) mass is 418 g/mol. The number of hydrogen-bond acceptors (Lipinski definition) is 6. The van der Waals surface area contributed by atoms with E-state index in [9.17, 15) is 4.79 Å². The molecule has 0 bridgehead atoms. The molecule has 1 aliphatic heterocycles. The number of morpholine rings is 1. The molecule has 0 unspecified atom stereocenters. The Morgan fingerprint density at radius 3 is 2.16 bits per heavy atom. The number of oxazole rings is 1. The van der Waals surface area contributed by atoms with Gasteiger partial charge in [0.15, 0.2) is 23.2 Å². The molecule has 8 heteroatoms. The lowest BCUT2D eigenvalue weighted by Crippen LogP contribution is -2.39. The highest BCUT2D eigenvalue weighted by atomic mass is 19.1. The van der Waals surface area contributed by atoms with Gasteiger partial charge in [-0.2, -0.15) is 9.97 Å². The van der Waals surface area contributed by atoms with Gasteiger partial charge in [0, 0.05) is 24.2 Å². The summed E-state index contributed by atoms with van der Waals surface area (Å²) in [5.74, 6) is 0.304. The van der Waals surface area contributed by atoms with Crippen LogP contribution in [0, 0.1) is 5.82 Å². The minimum atomic E-state index is -0.631. The van der Waals surface area contributed by atoms with Gasteiger partial charge in [0.2, 0.25) is 5.89 Å². The van der Waals surface area contributed by atoms with Gasteiger partial charge in [-0.25, -0.2) is 13.8 Å². The van der Waals surface area contributed by atoms with Crippen molar-refractivity contribution in [2.75, 3.05) is 31.2 Å². The maximum Gasteiger partial charge on any atom is 0.355 e. The molecule has 0 saturated carbocycles. The summed E-state index contributed by atoms with van der Waals surface area (Å²) in [5, 5.41) is 0. The van der Waals surface area contributed by atoms with E-state index in [2.05, 4.69) is 9.97 Å². The van der Waals surface area contributed by atoms with Crippen LogP contribution in [0.1, 0.15) is 0 Å². The van der Waals surface area contributed by atoms with E-state index in [-0.39, 0.29) is 11.6 Å². The fourth-order valence-electron chi connectivity index (χ4n) is 3.53. The Bertz CT molecular complexity index is 1250. The normalized spacial score (nSPS) is 14.0. The Morgan fingerprint density at radius 2 is 1.48 bits per heavy atom. The summed E-state index contributed by atoms with van der Waals surface area (Å²) < 4.78 is 27.4. The Morgan fingerprint density at radius 1 is 0.839 bits per heavy atom. The molecule has 5 rings (SSSR count). The Labute approximate surface area is 177 Å². The van der Waals surface area contributed by atoms with Crippen LogP contribution in [0.2, 0.25) is 0 Å². The van der Waals surface area contributed by atoms with Crippen LogP contribution in [0.5, 0.6) is 0 Å². The van der Waals surface area contributed by atoms with Gasteiger partial charge in [0.25, 0.3) is 0 Å². The molecule has 0 spiro atoms. The molecule has 156 valence electrons. The average Bonchev–Trinajstić information content (AvgIpc) is 3.27. The second-order valence-corrected chi connectivity index (χ2v) is 7.07. The van der Waals surface area contributed by atoms with Crippen LogP contribution in [0.15, 0.2) is 76.1 Å². The zero-order valence-electron chi connectivity index (χ0n) is 16.6. The topological polar surface area (TPSA) is 73.4 Å². The number of hydrogen-bond donors (Lipinski definition) is 0. The minimum Gasteiger partial charge on any atom is -0.434 e. The summed E-state index contributed by atoms with van der Waals surface area (Å²) in [5.41, 5.74) is 0.835. The number of nitrogens with zero attached hydrogens (tertiary/aromatic N) is 4. The summed E-state index contributed by atoms with van der Waals surface area (Å²) in [7, 11) is 0.